The molecule has 2 heterocycles. The lowest BCUT2D eigenvalue weighted by Gasteiger charge is -2.17. The van der Waals surface area contributed by atoms with E-state index >= 15 is 0 Å². The molecule has 4 rings (SSSR count). The maximum atomic E-state index is 6.19. The molecule has 1 aliphatic rings. The minimum absolute atomic E-state index is 0.271. The van der Waals surface area contributed by atoms with Gasteiger partial charge in [0.25, 0.3) is 0 Å². The molecule has 0 spiro atoms. The van der Waals surface area contributed by atoms with E-state index in [2.05, 4.69) is 15.0 Å². The molecule has 8 heteroatoms. The van der Waals surface area contributed by atoms with Gasteiger partial charge in [0.05, 0.1) is 26.1 Å². The number of hydrogen-bond acceptors (Lipinski definition) is 5. The van der Waals surface area contributed by atoms with Crippen molar-refractivity contribution in [1.29, 1.82) is 0 Å². The number of nitrogens with one attached hydrogen (secondary N) is 2. The van der Waals surface area contributed by atoms with Crippen LogP contribution in [-0.2, 0) is 6.54 Å². The molecule has 2 aromatic heterocycles. The number of benzene rings is 1. The van der Waals surface area contributed by atoms with Gasteiger partial charge in [0.2, 0.25) is 0 Å². The van der Waals surface area contributed by atoms with E-state index in [-0.39, 0.29) is 6.10 Å². The van der Waals surface area contributed by atoms with Crippen LogP contribution in [0.1, 0.15) is 31.2 Å². The first-order valence-corrected chi connectivity index (χ1v) is 9.47. The molecule has 136 valence electrons. The van der Waals surface area contributed by atoms with Gasteiger partial charge in [-0.25, -0.2) is 4.98 Å². The Kier molecular flexibility index (Phi) is 4.78. The van der Waals surface area contributed by atoms with E-state index in [0.29, 0.717) is 16.0 Å². The highest BCUT2D eigenvalue weighted by atomic mass is 32.1. The monoisotopic (exact) mass is 388 g/mol. The first kappa shape index (κ1) is 17.2. The quantitative estimate of drug-likeness (QED) is 0.629. The van der Waals surface area contributed by atoms with Crippen LogP contribution in [-0.4, -0.2) is 32.7 Å². The number of methoxy groups -OCH3 is 1. The van der Waals surface area contributed by atoms with E-state index in [0.717, 1.165) is 41.1 Å². The Bertz CT molecular complexity index is 1050. The average molecular weight is 389 g/mol. The first-order chi connectivity index (χ1) is 12.7. The summed E-state index contributed by atoms with van der Waals surface area (Å²) in [4.78, 5) is 10.5. The molecule has 1 saturated carbocycles. The Labute approximate surface area is 161 Å². The van der Waals surface area contributed by atoms with Crippen LogP contribution in [0.3, 0.4) is 0 Å². The number of hydrogen-bond donors (Lipinski definition) is 2. The molecular formula is C18H20N4O2S2. The van der Waals surface area contributed by atoms with Crippen molar-refractivity contribution in [3.8, 4) is 11.5 Å². The molecule has 0 saturated heterocycles. The summed E-state index contributed by atoms with van der Waals surface area (Å²) in [6, 6.07) is 5.98. The number of H-pyrrole nitrogens is 2. The second kappa shape index (κ2) is 7.20. The smallest absolute Gasteiger partial charge is 0.180 e. The maximum Gasteiger partial charge on any atom is 0.180 e. The van der Waals surface area contributed by atoms with Gasteiger partial charge in [0, 0.05) is 0 Å². The van der Waals surface area contributed by atoms with Crippen molar-refractivity contribution in [1.82, 2.24) is 19.5 Å². The number of nitrogens with zero attached hydrogens (tertiary/aromatic N) is 2. The highest BCUT2D eigenvalue weighted by Crippen LogP contribution is 2.32. The van der Waals surface area contributed by atoms with Crippen LogP contribution < -0.4 is 9.47 Å². The molecule has 1 aliphatic carbocycles. The molecule has 6 nitrogen and oxygen atoms in total. The van der Waals surface area contributed by atoms with E-state index in [9.17, 15) is 0 Å². The summed E-state index contributed by atoms with van der Waals surface area (Å²) in [5, 5.41) is 0. The standard InChI is InChI=1S/C18H20N4O2S2/c1-23-13-7-6-11(8-14(13)24-12-4-2-3-5-12)9-22-16-15(19-10-20-16)17(25)21-18(22)26/h6-8,10,12H,2-5,9H2,1H3,(H,19,20)(H,21,25,26). The number of fused-ring (bicyclic) bond motifs is 1. The Morgan fingerprint density at radius 1 is 1.23 bits per heavy atom. The third-order valence-electron chi connectivity index (χ3n) is 4.73. The van der Waals surface area contributed by atoms with Crippen molar-refractivity contribution in [3.05, 3.63) is 39.5 Å². The second-order valence-corrected chi connectivity index (χ2v) is 7.25. The SMILES string of the molecule is COc1ccc(Cn2c(=S)[nH]c(=S)c3[nH]cnc32)cc1OC1CCCC1. The molecule has 0 radical (unpaired) electrons. The van der Waals surface area contributed by atoms with Crippen molar-refractivity contribution < 1.29 is 9.47 Å². The number of ether oxygens (including phenoxy) is 2. The number of rotatable bonds is 5. The molecule has 26 heavy (non-hydrogen) atoms. The second-order valence-electron chi connectivity index (χ2n) is 6.46. The van der Waals surface area contributed by atoms with Crippen LogP contribution in [0.25, 0.3) is 11.2 Å². The lowest BCUT2D eigenvalue weighted by molar-refractivity contribution is 0.200. The van der Waals surface area contributed by atoms with Gasteiger partial charge in [0.1, 0.15) is 10.2 Å². The Morgan fingerprint density at radius 3 is 2.81 bits per heavy atom. The van der Waals surface area contributed by atoms with Crippen LogP contribution in [0.4, 0.5) is 0 Å². The van der Waals surface area contributed by atoms with Crippen LogP contribution in [0, 0.1) is 9.41 Å². The topological polar surface area (TPSA) is 67.9 Å². The third-order valence-corrected chi connectivity index (χ3v) is 5.36. The van der Waals surface area contributed by atoms with Gasteiger partial charge in [-0.05, 0) is 55.6 Å². The molecule has 0 bridgehead atoms. The summed E-state index contributed by atoms with van der Waals surface area (Å²) in [7, 11) is 1.66. The van der Waals surface area contributed by atoms with Gasteiger partial charge in [0.15, 0.2) is 21.9 Å². The summed E-state index contributed by atoms with van der Waals surface area (Å²) >= 11 is 10.8. The van der Waals surface area contributed by atoms with Crippen LogP contribution in [0.15, 0.2) is 24.5 Å². The van der Waals surface area contributed by atoms with E-state index in [1.807, 2.05) is 22.8 Å². The molecule has 1 fully saturated rings. The highest BCUT2D eigenvalue weighted by Gasteiger charge is 2.19. The fraction of sp³-hybridized carbons (Fsp3) is 0.389. The minimum Gasteiger partial charge on any atom is -0.493 e. The van der Waals surface area contributed by atoms with E-state index < -0.39 is 0 Å². The number of imidazole rings is 1. The molecule has 0 unspecified atom stereocenters. The highest BCUT2D eigenvalue weighted by molar-refractivity contribution is 7.72. The van der Waals surface area contributed by atoms with Gasteiger partial charge in [-0.15, -0.1) is 0 Å². The normalized spacial score (nSPS) is 14.8. The van der Waals surface area contributed by atoms with Crippen molar-refractivity contribution in [3.63, 3.8) is 0 Å². The van der Waals surface area contributed by atoms with E-state index in [1.54, 1.807) is 13.4 Å². The maximum absolute atomic E-state index is 6.19. The zero-order chi connectivity index (χ0) is 18.1. The summed E-state index contributed by atoms with van der Waals surface area (Å²) in [6.45, 7) is 0.567. The third kappa shape index (κ3) is 3.26. The number of aromatic nitrogens is 4. The Morgan fingerprint density at radius 2 is 2.04 bits per heavy atom. The lowest BCUT2D eigenvalue weighted by Crippen LogP contribution is -2.12. The minimum atomic E-state index is 0.271. The predicted molar refractivity (Wildman–Crippen MR) is 105 cm³/mol. The molecule has 0 aliphatic heterocycles. The molecule has 1 aromatic carbocycles. The van der Waals surface area contributed by atoms with Gasteiger partial charge in [-0.2, -0.15) is 0 Å². The van der Waals surface area contributed by atoms with Gasteiger partial charge in [-0.1, -0.05) is 18.3 Å². The molecule has 0 atom stereocenters. The fourth-order valence-electron chi connectivity index (χ4n) is 3.41. The molecular weight excluding hydrogens is 368 g/mol. The van der Waals surface area contributed by atoms with Crippen molar-refractivity contribution in [2.24, 2.45) is 0 Å². The molecule has 3 aromatic rings. The fourth-order valence-corrected chi connectivity index (χ4v) is 3.97. The number of aromatic amines is 2. The summed E-state index contributed by atoms with van der Waals surface area (Å²) < 4.78 is 14.7. The zero-order valence-corrected chi connectivity index (χ0v) is 16.1. The zero-order valence-electron chi connectivity index (χ0n) is 14.4. The Balaban J connectivity index is 1.69. The van der Waals surface area contributed by atoms with Crippen LogP contribution >= 0.6 is 24.4 Å². The van der Waals surface area contributed by atoms with Gasteiger partial charge >= 0.3 is 0 Å². The Hall–Kier alpha value is -2.19. The van der Waals surface area contributed by atoms with E-state index in [1.165, 1.54) is 12.8 Å². The van der Waals surface area contributed by atoms with Gasteiger partial charge in [-0.3, -0.25) is 4.57 Å². The molecule has 0 amide bonds. The van der Waals surface area contributed by atoms with Crippen LogP contribution in [0.2, 0.25) is 0 Å². The predicted octanol–water partition coefficient (Wildman–Crippen LogP) is 4.53. The summed E-state index contributed by atoms with van der Waals surface area (Å²) in [5.74, 6) is 1.53. The lowest BCUT2D eigenvalue weighted by atomic mass is 10.2. The largest absolute Gasteiger partial charge is 0.493 e. The average Bonchev–Trinajstić information content (AvgIpc) is 3.30. The summed E-state index contributed by atoms with van der Waals surface area (Å²) in [6.07, 6.45) is 6.54. The van der Waals surface area contributed by atoms with Crippen molar-refractivity contribution in [2.45, 2.75) is 38.3 Å². The van der Waals surface area contributed by atoms with Crippen LogP contribution in [0.5, 0.6) is 11.5 Å². The van der Waals surface area contributed by atoms with E-state index in [4.69, 9.17) is 33.9 Å². The molecule has 2 N–H and O–H groups in total. The van der Waals surface area contributed by atoms with Gasteiger partial charge < -0.3 is 19.4 Å². The van der Waals surface area contributed by atoms with Crippen molar-refractivity contribution >= 4 is 35.6 Å². The summed E-state index contributed by atoms with van der Waals surface area (Å²) in [5.41, 5.74) is 2.59. The first-order valence-electron chi connectivity index (χ1n) is 8.65. The van der Waals surface area contributed by atoms with Crippen molar-refractivity contribution in [2.75, 3.05) is 7.11 Å².